The van der Waals surface area contributed by atoms with E-state index in [1.807, 2.05) is 10.6 Å². The lowest BCUT2D eigenvalue weighted by atomic mass is 10.3. The van der Waals surface area contributed by atoms with E-state index in [9.17, 15) is 0 Å². The van der Waals surface area contributed by atoms with E-state index in [0.717, 1.165) is 29.8 Å². The number of alkyl halides is 1. The van der Waals surface area contributed by atoms with Crippen molar-refractivity contribution >= 4 is 27.4 Å². The van der Waals surface area contributed by atoms with Crippen molar-refractivity contribution in [2.75, 3.05) is 16.8 Å². The fourth-order valence-corrected chi connectivity index (χ4v) is 2.04. The molecule has 0 fully saturated rings. The number of rotatable bonds is 5. The number of anilines is 1. The number of aromatic nitrogens is 4. The summed E-state index contributed by atoms with van der Waals surface area (Å²) in [6.07, 6.45) is 6.43. The molecule has 0 aliphatic heterocycles. The summed E-state index contributed by atoms with van der Waals surface area (Å²) in [5.41, 5.74) is 0.816. The summed E-state index contributed by atoms with van der Waals surface area (Å²) < 4.78 is 1.89. The summed E-state index contributed by atoms with van der Waals surface area (Å²) >= 11 is 3.46. The molecule has 0 aromatic carbocycles. The van der Waals surface area contributed by atoms with Gasteiger partial charge in [-0.15, -0.1) is 10.2 Å². The Bertz CT molecular complexity index is 481. The molecule has 0 spiro atoms. The number of halogens is 1. The highest BCUT2D eigenvalue weighted by Gasteiger charge is 2.15. The number of hydrogen-bond acceptors (Lipinski definition) is 4. The molecule has 2 aromatic rings. The quantitative estimate of drug-likeness (QED) is 0.793. The molecular weight excluding hydrogens is 282 g/mol. The Hall–Kier alpha value is -1.17. The first-order valence-corrected chi connectivity index (χ1v) is 6.83. The SMILES string of the molecule is CC(C)N(CCCBr)c1nccn2cnnc12. The Morgan fingerprint density at radius 3 is 3.00 bits per heavy atom. The second-order valence-electron chi connectivity index (χ2n) is 4.14. The molecule has 0 amide bonds. The smallest absolute Gasteiger partial charge is 0.203 e. The van der Waals surface area contributed by atoms with E-state index in [-0.39, 0.29) is 0 Å². The summed E-state index contributed by atoms with van der Waals surface area (Å²) in [5, 5.41) is 9.04. The molecule has 6 heteroatoms. The van der Waals surface area contributed by atoms with E-state index in [0.29, 0.717) is 6.04 Å². The highest BCUT2D eigenvalue weighted by atomic mass is 79.9. The molecule has 0 bridgehead atoms. The van der Waals surface area contributed by atoms with Gasteiger partial charge in [0.15, 0.2) is 5.82 Å². The maximum absolute atomic E-state index is 4.44. The molecule has 2 aromatic heterocycles. The lowest BCUT2D eigenvalue weighted by Crippen LogP contribution is -2.33. The normalized spacial score (nSPS) is 11.3. The Morgan fingerprint density at radius 2 is 2.29 bits per heavy atom. The van der Waals surface area contributed by atoms with Gasteiger partial charge < -0.3 is 4.90 Å². The summed E-state index contributed by atoms with van der Waals surface area (Å²) in [7, 11) is 0. The highest BCUT2D eigenvalue weighted by molar-refractivity contribution is 9.09. The van der Waals surface area contributed by atoms with Crippen molar-refractivity contribution in [1.82, 2.24) is 19.6 Å². The predicted molar refractivity (Wildman–Crippen MR) is 71.7 cm³/mol. The Labute approximate surface area is 109 Å². The zero-order valence-corrected chi connectivity index (χ0v) is 11.6. The maximum atomic E-state index is 4.44. The number of nitrogens with zero attached hydrogens (tertiary/aromatic N) is 5. The van der Waals surface area contributed by atoms with E-state index >= 15 is 0 Å². The molecule has 0 radical (unpaired) electrons. The summed E-state index contributed by atoms with van der Waals surface area (Å²) in [6.45, 7) is 5.29. The molecule has 2 heterocycles. The van der Waals surface area contributed by atoms with Crippen LogP contribution in [0.4, 0.5) is 5.82 Å². The first kappa shape index (κ1) is 12.3. The highest BCUT2D eigenvalue weighted by Crippen LogP contribution is 2.19. The van der Waals surface area contributed by atoms with Crippen LogP contribution >= 0.6 is 15.9 Å². The molecule has 0 saturated carbocycles. The molecule has 5 nitrogen and oxygen atoms in total. The summed E-state index contributed by atoms with van der Waals surface area (Å²) in [5.74, 6) is 0.904. The molecule has 0 atom stereocenters. The van der Waals surface area contributed by atoms with Crippen LogP contribution in [-0.4, -0.2) is 37.5 Å². The second kappa shape index (κ2) is 5.44. The van der Waals surface area contributed by atoms with Crippen LogP contribution < -0.4 is 4.90 Å². The van der Waals surface area contributed by atoms with Gasteiger partial charge in [-0.3, -0.25) is 4.40 Å². The van der Waals surface area contributed by atoms with Crippen molar-refractivity contribution in [1.29, 1.82) is 0 Å². The van der Waals surface area contributed by atoms with E-state index < -0.39 is 0 Å². The third-order valence-corrected chi connectivity index (χ3v) is 3.19. The standard InChI is InChI=1S/C11H16BrN5/c1-9(2)17(6-3-4-12)10-11-15-14-8-16(11)7-5-13-10/h5,7-9H,3-4,6H2,1-2H3. The van der Waals surface area contributed by atoms with Crippen molar-refractivity contribution in [2.45, 2.75) is 26.3 Å². The third-order valence-electron chi connectivity index (χ3n) is 2.63. The molecule has 0 unspecified atom stereocenters. The molecule has 92 valence electrons. The van der Waals surface area contributed by atoms with Crippen molar-refractivity contribution in [3.05, 3.63) is 18.7 Å². The van der Waals surface area contributed by atoms with Gasteiger partial charge in [0.25, 0.3) is 0 Å². The average molecular weight is 298 g/mol. The van der Waals surface area contributed by atoms with Crippen molar-refractivity contribution in [2.24, 2.45) is 0 Å². The zero-order valence-electron chi connectivity index (χ0n) is 10.0. The van der Waals surface area contributed by atoms with Crippen LogP contribution in [0.1, 0.15) is 20.3 Å². The molecule has 0 saturated heterocycles. The minimum atomic E-state index is 0.393. The summed E-state index contributed by atoms with van der Waals surface area (Å²) in [4.78, 5) is 6.70. The van der Waals surface area contributed by atoms with Gasteiger partial charge in [0.1, 0.15) is 6.33 Å². The molecule has 0 N–H and O–H groups in total. The Morgan fingerprint density at radius 1 is 1.47 bits per heavy atom. The summed E-state index contributed by atoms with van der Waals surface area (Å²) in [6, 6.07) is 0.393. The minimum Gasteiger partial charge on any atom is -0.351 e. The van der Waals surface area contributed by atoms with Crippen LogP contribution in [-0.2, 0) is 0 Å². The molecule has 0 aliphatic carbocycles. The van der Waals surface area contributed by atoms with E-state index in [2.05, 4.69) is 49.9 Å². The average Bonchev–Trinajstić information content (AvgIpc) is 2.77. The minimum absolute atomic E-state index is 0.393. The number of hydrogen-bond donors (Lipinski definition) is 0. The molecule has 17 heavy (non-hydrogen) atoms. The van der Waals surface area contributed by atoms with Crippen LogP contribution in [0.2, 0.25) is 0 Å². The fourth-order valence-electron chi connectivity index (χ4n) is 1.79. The molecule has 0 aliphatic rings. The predicted octanol–water partition coefficient (Wildman–Crippen LogP) is 2.12. The van der Waals surface area contributed by atoms with Crippen LogP contribution in [0.15, 0.2) is 18.7 Å². The van der Waals surface area contributed by atoms with Gasteiger partial charge >= 0.3 is 0 Å². The van der Waals surface area contributed by atoms with Crippen molar-refractivity contribution in [3.8, 4) is 0 Å². The van der Waals surface area contributed by atoms with Crippen LogP contribution in [0.5, 0.6) is 0 Å². The Kier molecular flexibility index (Phi) is 3.93. The lowest BCUT2D eigenvalue weighted by Gasteiger charge is -2.27. The van der Waals surface area contributed by atoms with E-state index in [1.54, 1.807) is 12.5 Å². The van der Waals surface area contributed by atoms with Gasteiger partial charge in [-0.2, -0.15) is 0 Å². The third kappa shape index (κ3) is 2.57. The van der Waals surface area contributed by atoms with Crippen LogP contribution in [0, 0.1) is 0 Å². The van der Waals surface area contributed by atoms with Gasteiger partial charge in [0.2, 0.25) is 5.65 Å². The second-order valence-corrected chi connectivity index (χ2v) is 4.94. The lowest BCUT2D eigenvalue weighted by molar-refractivity contribution is 0.665. The van der Waals surface area contributed by atoms with Gasteiger partial charge in [-0.1, -0.05) is 15.9 Å². The van der Waals surface area contributed by atoms with Gasteiger partial charge in [0.05, 0.1) is 0 Å². The van der Waals surface area contributed by atoms with E-state index in [4.69, 9.17) is 0 Å². The van der Waals surface area contributed by atoms with Crippen molar-refractivity contribution < 1.29 is 0 Å². The van der Waals surface area contributed by atoms with Gasteiger partial charge in [-0.25, -0.2) is 4.98 Å². The monoisotopic (exact) mass is 297 g/mol. The van der Waals surface area contributed by atoms with E-state index in [1.165, 1.54) is 0 Å². The maximum Gasteiger partial charge on any atom is 0.203 e. The largest absolute Gasteiger partial charge is 0.351 e. The molecule has 2 rings (SSSR count). The van der Waals surface area contributed by atoms with Crippen LogP contribution in [0.25, 0.3) is 5.65 Å². The van der Waals surface area contributed by atoms with Crippen LogP contribution in [0.3, 0.4) is 0 Å². The number of fused-ring (bicyclic) bond motifs is 1. The topological polar surface area (TPSA) is 46.3 Å². The first-order valence-electron chi connectivity index (χ1n) is 5.71. The van der Waals surface area contributed by atoms with Gasteiger partial charge in [0, 0.05) is 30.3 Å². The Balaban J connectivity index is 2.37. The van der Waals surface area contributed by atoms with Gasteiger partial charge in [-0.05, 0) is 20.3 Å². The zero-order chi connectivity index (χ0) is 12.3. The first-order chi connectivity index (χ1) is 8.24. The fraction of sp³-hybridized carbons (Fsp3) is 0.545. The van der Waals surface area contributed by atoms with Crippen molar-refractivity contribution in [3.63, 3.8) is 0 Å². The molecular formula is C11H16BrN5.